The third kappa shape index (κ3) is 3.54. The van der Waals surface area contributed by atoms with Crippen LogP contribution in [0.25, 0.3) is 0 Å². The van der Waals surface area contributed by atoms with Crippen molar-refractivity contribution in [1.82, 2.24) is 9.55 Å². The highest BCUT2D eigenvalue weighted by Crippen LogP contribution is 2.36. The second-order valence-corrected chi connectivity index (χ2v) is 7.04. The summed E-state index contributed by atoms with van der Waals surface area (Å²) in [7, 11) is 0. The van der Waals surface area contributed by atoms with Gasteiger partial charge >= 0.3 is 0 Å². The van der Waals surface area contributed by atoms with Gasteiger partial charge in [-0.3, -0.25) is 4.79 Å². The standard InChI is InChI=1S/C18H22BrN3O2/c1-2-22-9-8-20-16(17(22)23)21-13-18(6-10-24-11-7-18)14-4-3-5-15(19)12-14/h3-5,8-9,12H,2,6-7,10-11,13H2,1H3,(H,20,21). The Labute approximate surface area is 150 Å². The minimum atomic E-state index is -0.0727. The Balaban J connectivity index is 1.87. The fourth-order valence-electron chi connectivity index (χ4n) is 3.22. The van der Waals surface area contributed by atoms with Gasteiger partial charge in [0.05, 0.1) is 0 Å². The van der Waals surface area contributed by atoms with Crippen LogP contribution in [-0.2, 0) is 16.7 Å². The van der Waals surface area contributed by atoms with Crippen molar-refractivity contribution >= 4 is 21.7 Å². The lowest BCUT2D eigenvalue weighted by molar-refractivity contribution is 0.0543. The van der Waals surface area contributed by atoms with E-state index in [9.17, 15) is 4.79 Å². The molecule has 2 aromatic rings. The van der Waals surface area contributed by atoms with E-state index in [-0.39, 0.29) is 11.0 Å². The first-order chi connectivity index (χ1) is 11.6. The smallest absolute Gasteiger partial charge is 0.293 e. The molecule has 1 aromatic heterocycles. The van der Waals surface area contributed by atoms with Crippen LogP contribution in [0.2, 0.25) is 0 Å². The Kier molecular flexibility index (Phi) is 5.36. The predicted octanol–water partition coefficient (Wildman–Crippen LogP) is 3.19. The monoisotopic (exact) mass is 391 g/mol. The van der Waals surface area contributed by atoms with Gasteiger partial charge in [0, 0.05) is 48.6 Å². The molecule has 2 heterocycles. The quantitative estimate of drug-likeness (QED) is 0.849. The molecule has 6 heteroatoms. The molecular weight excluding hydrogens is 370 g/mol. The van der Waals surface area contributed by atoms with Crippen molar-refractivity contribution in [1.29, 1.82) is 0 Å². The van der Waals surface area contributed by atoms with E-state index in [1.165, 1.54) is 5.56 Å². The molecular formula is C18H22BrN3O2. The largest absolute Gasteiger partial charge is 0.381 e. The van der Waals surface area contributed by atoms with Crippen LogP contribution in [0.1, 0.15) is 25.3 Å². The van der Waals surface area contributed by atoms with Gasteiger partial charge in [0.25, 0.3) is 5.56 Å². The van der Waals surface area contributed by atoms with E-state index in [2.05, 4.69) is 44.4 Å². The Morgan fingerprint density at radius 1 is 1.38 bits per heavy atom. The van der Waals surface area contributed by atoms with Gasteiger partial charge < -0.3 is 14.6 Å². The Hall–Kier alpha value is -1.66. The van der Waals surface area contributed by atoms with Crippen LogP contribution in [0.15, 0.2) is 45.9 Å². The van der Waals surface area contributed by atoms with Gasteiger partial charge in [-0.2, -0.15) is 0 Å². The molecule has 0 aliphatic carbocycles. The zero-order valence-electron chi connectivity index (χ0n) is 13.8. The average molecular weight is 392 g/mol. The van der Waals surface area contributed by atoms with E-state index in [4.69, 9.17) is 4.74 Å². The molecule has 24 heavy (non-hydrogen) atoms. The van der Waals surface area contributed by atoms with Gasteiger partial charge in [0.1, 0.15) is 0 Å². The number of halogens is 1. The third-order valence-electron chi connectivity index (χ3n) is 4.74. The van der Waals surface area contributed by atoms with Gasteiger partial charge in [0.15, 0.2) is 5.82 Å². The molecule has 1 aromatic carbocycles. The zero-order valence-corrected chi connectivity index (χ0v) is 15.4. The molecule has 0 radical (unpaired) electrons. The summed E-state index contributed by atoms with van der Waals surface area (Å²) < 4.78 is 8.29. The normalized spacial score (nSPS) is 16.8. The van der Waals surface area contributed by atoms with Crippen LogP contribution in [0.3, 0.4) is 0 Å². The van der Waals surface area contributed by atoms with Crippen LogP contribution in [0.4, 0.5) is 5.82 Å². The maximum absolute atomic E-state index is 12.4. The highest BCUT2D eigenvalue weighted by atomic mass is 79.9. The summed E-state index contributed by atoms with van der Waals surface area (Å²) in [6.45, 7) is 4.72. The molecule has 1 saturated heterocycles. The predicted molar refractivity (Wildman–Crippen MR) is 98.5 cm³/mol. The van der Waals surface area contributed by atoms with Crippen molar-refractivity contribution in [3.8, 4) is 0 Å². The molecule has 1 fully saturated rings. The van der Waals surface area contributed by atoms with E-state index < -0.39 is 0 Å². The summed E-state index contributed by atoms with van der Waals surface area (Å²) in [4.78, 5) is 16.6. The molecule has 5 nitrogen and oxygen atoms in total. The molecule has 128 valence electrons. The number of hydrogen-bond donors (Lipinski definition) is 1. The first-order valence-corrected chi connectivity index (χ1v) is 9.07. The molecule has 0 bridgehead atoms. The van der Waals surface area contributed by atoms with Crippen molar-refractivity contribution in [3.63, 3.8) is 0 Å². The van der Waals surface area contributed by atoms with Crippen LogP contribution in [-0.4, -0.2) is 29.3 Å². The topological polar surface area (TPSA) is 56.1 Å². The maximum Gasteiger partial charge on any atom is 0.293 e. The SMILES string of the molecule is CCn1ccnc(NCC2(c3cccc(Br)c3)CCOCC2)c1=O. The zero-order chi connectivity index (χ0) is 17.0. The second kappa shape index (κ2) is 7.49. The van der Waals surface area contributed by atoms with E-state index in [1.54, 1.807) is 17.0 Å². The summed E-state index contributed by atoms with van der Waals surface area (Å²) in [6.07, 6.45) is 5.23. The van der Waals surface area contributed by atoms with Crippen molar-refractivity contribution in [2.75, 3.05) is 25.1 Å². The number of hydrogen-bond acceptors (Lipinski definition) is 4. The molecule has 1 aliphatic rings. The van der Waals surface area contributed by atoms with E-state index >= 15 is 0 Å². The van der Waals surface area contributed by atoms with Crippen LogP contribution >= 0.6 is 15.9 Å². The number of ether oxygens (including phenoxy) is 1. The Bertz CT molecular complexity index is 754. The number of benzene rings is 1. The molecule has 0 saturated carbocycles. The fourth-order valence-corrected chi connectivity index (χ4v) is 3.62. The highest BCUT2D eigenvalue weighted by Gasteiger charge is 2.34. The van der Waals surface area contributed by atoms with Crippen molar-refractivity contribution in [3.05, 3.63) is 57.0 Å². The minimum Gasteiger partial charge on any atom is -0.381 e. The summed E-state index contributed by atoms with van der Waals surface area (Å²) >= 11 is 3.56. The van der Waals surface area contributed by atoms with Gasteiger partial charge in [-0.05, 0) is 37.5 Å². The molecule has 0 amide bonds. The number of aryl methyl sites for hydroxylation is 1. The average Bonchev–Trinajstić information content (AvgIpc) is 2.62. The number of nitrogens with zero attached hydrogens (tertiary/aromatic N) is 2. The van der Waals surface area contributed by atoms with Gasteiger partial charge in [-0.25, -0.2) is 4.98 Å². The summed E-state index contributed by atoms with van der Waals surface area (Å²) in [5, 5.41) is 3.30. The first kappa shape index (κ1) is 17.2. The van der Waals surface area contributed by atoms with Crippen LogP contribution in [0, 0.1) is 0 Å². The summed E-state index contributed by atoms with van der Waals surface area (Å²) in [6, 6.07) is 8.40. The third-order valence-corrected chi connectivity index (χ3v) is 5.23. The molecule has 0 atom stereocenters. The summed E-state index contributed by atoms with van der Waals surface area (Å²) in [5.41, 5.74) is 1.14. The maximum atomic E-state index is 12.4. The molecule has 1 N–H and O–H groups in total. The second-order valence-electron chi connectivity index (χ2n) is 6.12. The van der Waals surface area contributed by atoms with Crippen molar-refractivity contribution in [2.45, 2.75) is 31.7 Å². The Morgan fingerprint density at radius 3 is 2.88 bits per heavy atom. The van der Waals surface area contributed by atoms with Crippen molar-refractivity contribution < 1.29 is 4.74 Å². The van der Waals surface area contributed by atoms with Gasteiger partial charge in [-0.1, -0.05) is 28.1 Å². The first-order valence-electron chi connectivity index (χ1n) is 8.28. The van der Waals surface area contributed by atoms with E-state index in [1.807, 2.05) is 13.0 Å². The molecule has 0 unspecified atom stereocenters. The Morgan fingerprint density at radius 2 is 2.17 bits per heavy atom. The van der Waals surface area contributed by atoms with Gasteiger partial charge in [-0.15, -0.1) is 0 Å². The molecule has 3 rings (SSSR count). The molecule has 0 spiro atoms. The fraction of sp³-hybridized carbons (Fsp3) is 0.444. The lowest BCUT2D eigenvalue weighted by Gasteiger charge is -2.38. The van der Waals surface area contributed by atoms with Gasteiger partial charge in [0.2, 0.25) is 0 Å². The number of anilines is 1. The van der Waals surface area contributed by atoms with Crippen molar-refractivity contribution in [2.24, 2.45) is 0 Å². The van der Waals surface area contributed by atoms with Crippen LogP contribution < -0.4 is 10.9 Å². The van der Waals surface area contributed by atoms with Crippen LogP contribution in [0.5, 0.6) is 0 Å². The van der Waals surface area contributed by atoms with E-state index in [0.717, 1.165) is 30.5 Å². The number of nitrogens with one attached hydrogen (secondary N) is 1. The highest BCUT2D eigenvalue weighted by molar-refractivity contribution is 9.10. The lowest BCUT2D eigenvalue weighted by Crippen LogP contribution is -2.41. The lowest BCUT2D eigenvalue weighted by atomic mass is 9.74. The summed E-state index contributed by atoms with van der Waals surface area (Å²) in [5.74, 6) is 0.417. The molecule has 1 aliphatic heterocycles. The minimum absolute atomic E-state index is 0.0525. The number of rotatable bonds is 5. The van der Waals surface area contributed by atoms with E-state index in [0.29, 0.717) is 18.9 Å². The number of aromatic nitrogens is 2.